The van der Waals surface area contributed by atoms with Crippen LogP contribution in [0.5, 0.6) is 0 Å². The lowest BCUT2D eigenvalue weighted by Crippen LogP contribution is -2.49. The molecule has 1 aliphatic rings. The van der Waals surface area contributed by atoms with Gasteiger partial charge in [-0.2, -0.15) is 0 Å². The van der Waals surface area contributed by atoms with Gasteiger partial charge >= 0.3 is 0 Å². The molecule has 6 atom stereocenters. The Bertz CT molecular complexity index is 831. The number of hydrogen-bond donors (Lipinski definition) is 4. The highest BCUT2D eigenvalue weighted by molar-refractivity contribution is 5.79. The van der Waals surface area contributed by atoms with Crippen LogP contribution in [0, 0.1) is 17.8 Å². The molecule has 0 aliphatic heterocycles. The standard InChI is InChI=1S/C30H49N3O4/c1-5-7-17-31-29(36)21(3)18-28(35)27(19-23-13-9-8-10-14-23)33-30(37)25-16-11-15-24(20-25)26(12-6-2)32-22(4)34/h8-10,13-14,21,24-28,35H,5-7,11-12,15-20H2,1-4H3,(H,31,36)(H,32,34)(H,33,37)/t21-,24+,25-,26+,27+,28+/m1/s1. The van der Waals surface area contributed by atoms with E-state index in [1.807, 2.05) is 37.3 Å². The average Bonchev–Trinajstić information content (AvgIpc) is 2.88. The van der Waals surface area contributed by atoms with Crippen molar-refractivity contribution in [3.8, 4) is 0 Å². The van der Waals surface area contributed by atoms with Gasteiger partial charge in [0, 0.05) is 31.3 Å². The first-order chi connectivity index (χ1) is 17.7. The number of hydrogen-bond acceptors (Lipinski definition) is 4. The summed E-state index contributed by atoms with van der Waals surface area (Å²) < 4.78 is 0. The Morgan fingerprint density at radius 2 is 1.78 bits per heavy atom. The number of carbonyl (C=O) groups is 3. The smallest absolute Gasteiger partial charge is 0.223 e. The van der Waals surface area contributed by atoms with Crippen LogP contribution in [-0.4, -0.2) is 47.6 Å². The SMILES string of the molecule is CCCCNC(=O)[C@H](C)C[C@H](O)[C@H](Cc1ccccc1)NC(=O)[C@@H]1CCC[C@H]([C@H](CCC)NC(C)=O)C1. The molecule has 4 N–H and O–H groups in total. The van der Waals surface area contributed by atoms with Crippen LogP contribution < -0.4 is 16.0 Å². The number of carbonyl (C=O) groups excluding carboxylic acids is 3. The van der Waals surface area contributed by atoms with Crippen molar-refractivity contribution in [2.75, 3.05) is 6.54 Å². The maximum absolute atomic E-state index is 13.5. The summed E-state index contributed by atoms with van der Waals surface area (Å²) in [6.07, 6.45) is 7.27. The van der Waals surface area contributed by atoms with Crippen LogP contribution in [0.25, 0.3) is 0 Å². The van der Waals surface area contributed by atoms with E-state index in [2.05, 4.69) is 29.8 Å². The summed E-state index contributed by atoms with van der Waals surface area (Å²) in [6.45, 7) is 8.21. The predicted molar refractivity (Wildman–Crippen MR) is 148 cm³/mol. The van der Waals surface area contributed by atoms with E-state index in [1.54, 1.807) is 6.92 Å². The second-order valence-electron chi connectivity index (χ2n) is 10.9. The third-order valence-electron chi connectivity index (χ3n) is 7.61. The van der Waals surface area contributed by atoms with Crippen molar-refractivity contribution in [3.05, 3.63) is 35.9 Å². The summed E-state index contributed by atoms with van der Waals surface area (Å²) in [6, 6.07) is 9.44. The predicted octanol–water partition coefficient (Wildman–Crippen LogP) is 4.13. The van der Waals surface area contributed by atoms with Crippen LogP contribution in [0.3, 0.4) is 0 Å². The van der Waals surface area contributed by atoms with Crippen LogP contribution in [0.1, 0.15) is 91.0 Å². The summed E-state index contributed by atoms with van der Waals surface area (Å²) in [5, 5.41) is 20.4. The number of unbranched alkanes of at least 4 members (excludes halogenated alkanes) is 1. The Morgan fingerprint density at radius 3 is 2.43 bits per heavy atom. The molecule has 1 aromatic rings. The maximum Gasteiger partial charge on any atom is 0.223 e. The normalized spacial score (nSPS) is 20.8. The van der Waals surface area contributed by atoms with Crippen LogP contribution in [0.15, 0.2) is 30.3 Å². The quantitative estimate of drug-likeness (QED) is 0.264. The van der Waals surface area contributed by atoms with Crippen molar-refractivity contribution in [1.82, 2.24) is 16.0 Å². The molecule has 7 heteroatoms. The molecule has 0 aromatic heterocycles. The van der Waals surface area contributed by atoms with E-state index in [0.29, 0.717) is 13.0 Å². The van der Waals surface area contributed by atoms with E-state index in [-0.39, 0.29) is 47.9 Å². The van der Waals surface area contributed by atoms with E-state index < -0.39 is 12.1 Å². The Balaban J connectivity index is 2.07. The van der Waals surface area contributed by atoms with E-state index >= 15 is 0 Å². The molecular formula is C30H49N3O4. The van der Waals surface area contributed by atoms with Crippen LogP contribution >= 0.6 is 0 Å². The zero-order chi connectivity index (χ0) is 27.2. The molecule has 1 aromatic carbocycles. The second kappa shape index (κ2) is 16.4. The fourth-order valence-corrected chi connectivity index (χ4v) is 5.48. The highest BCUT2D eigenvalue weighted by Crippen LogP contribution is 2.33. The van der Waals surface area contributed by atoms with Crippen LogP contribution in [0.4, 0.5) is 0 Å². The molecule has 0 unspecified atom stereocenters. The maximum atomic E-state index is 13.5. The topological polar surface area (TPSA) is 108 Å². The Morgan fingerprint density at radius 1 is 1.05 bits per heavy atom. The molecule has 0 saturated heterocycles. The fraction of sp³-hybridized carbons (Fsp3) is 0.700. The lowest BCUT2D eigenvalue weighted by atomic mass is 9.76. The third kappa shape index (κ3) is 10.8. The molecule has 7 nitrogen and oxygen atoms in total. The highest BCUT2D eigenvalue weighted by Gasteiger charge is 2.34. The van der Waals surface area contributed by atoms with Crippen molar-refractivity contribution in [2.24, 2.45) is 17.8 Å². The zero-order valence-corrected chi connectivity index (χ0v) is 23.3. The van der Waals surface area contributed by atoms with Crippen molar-refractivity contribution < 1.29 is 19.5 Å². The summed E-state index contributed by atoms with van der Waals surface area (Å²) in [5.74, 6) is -0.350. The first-order valence-corrected chi connectivity index (χ1v) is 14.3. The summed E-state index contributed by atoms with van der Waals surface area (Å²) in [4.78, 5) is 37.7. The second-order valence-corrected chi connectivity index (χ2v) is 10.9. The van der Waals surface area contributed by atoms with Gasteiger partial charge in [-0.15, -0.1) is 0 Å². The molecule has 2 rings (SSSR count). The van der Waals surface area contributed by atoms with Crippen LogP contribution in [0.2, 0.25) is 0 Å². The van der Waals surface area contributed by atoms with Gasteiger partial charge in [0.1, 0.15) is 0 Å². The molecule has 0 heterocycles. The first kappa shape index (κ1) is 30.8. The summed E-state index contributed by atoms with van der Waals surface area (Å²) in [7, 11) is 0. The van der Waals surface area contributed by atoms with Gasteiger partial charge in [-0.05, 0) is 56.4 Å². The molecule has 208 valence electrons. The Hall–Kier alpha value is -2.41. The molecule has 0 spiro atoms. The van der Waals surface area contributed by atoms with Gasteiger partial charge in [0.15, 0.2) is 0 Å². The molecule has 0 bridgehead atoms. The molecule has 37 heavy (non-hydrogen) atoms. The zero-order valence-electron chi connectivity index (χ0n) is 23.3. The molecular weight excluding hydrogens is 466 g/mol. The van der Waals surface area contributed by atoms with Crippen molar-refractivity contribution in [1.29, 1.82) is 0 Å². The molecule has 1 fully saturated rings. The molecule has 1 saturated carbocycles. The van der Waals surface area contributed by atoms with Gasteiger partial charge in [0.05, 0.1) is 12.1 Å². The van der Waals surface area contributed by atoms with Crippen molar-refractivity contribution in [2.45, 2.75) is 110 Å². The third-order valence-corrected chi connectivity index (χ3v) is 7.61. The van der Waals surface area contributed by atoms with Gasteiger partial charge in [-0.3, -0.25) is 14.4 Å². The average molecular weight is 516 g/mol. The highest BCUT2D eigenvalue weighted by atomic mass is 16.3. The number of amides is 3. The van der Waals surface area contributed by atoms with E-state index in [1.165, 1.54) is 0 Å². The summed E-state index contributed by atoms with van der Waals surface area (Å²) >= 11 is 0. The fourth-order valence-electron chi connectivity index (χ4n) is 5.48. The van der Waals surface area contributed by atoms with Gasteiger partial charge < -0.3 is 21.1 Å². The van der Waals surface area contributed by atoms with Gasteiger partial charge in [-0.25, -0.2) is 0 Å². The largest absolute Gasteiger partial charge is 0.391 e. The van der Waals surface area contributed by atoms with Gasteiger partial charge in [0.2, 0.25) is 17.7 Å². The molecule has 1 aliphatic carbocycles. The number of aliphatic hydroxyl groups excluding tert-OH is 1. The van der Waals surface area contributed by atoms with Gasteiger partial charge in [-0.1, -0.05) is 70.4 Å². The van der Waals surface area contributed by atoms with Crippen LogP contribution in [-0.2, 0) is 20.8 Å². The summed E-state index contributed by atoms with van der Waals surface area (Å²) in [5.41, 5.74) is 1.03. The number of rotatable bonds is 15. The number of aliphatic hydroxyl groups is 1. The van der Waals surface area contributed by atoms with E-state index in [0.717, 1.165) is 56.9 Å². The first-order valence-electron chi connectivity index (χ1n) is 14.3. The van der Waals surface area contributed by atoms with E-state index in [4.69, 9.17) is 0 Å². The Kier molecular flexibility index (Phi) is 13.7. The Labute approximate surface area is 223 Å². The van der Waals surface area contributed by atoms with Crippen molar-refractivity contribution >= 4 is 17.7 Å². The lowest BCUT2D eigenvalue weighted by Gasteiger charge is -2.35. The molecule has 3 amide bonds. The minimum atomic E-state index is -0.845. The lowest BCUT2D eigenvalue weighted by molar-refractivity contribution is -0.128. The number of nitrogens with one attached hydrogen (secondary N) is 3. The molecule has 0 radical (unpaired) electrons. The minimum Gasteiger partial charge on any atom is -0.391 e. The number of benzene rings is 1. The van der Waals surface area contributed by atoms with Crippen molar-refractivity contribution in [3.63, 3.8) is 0 Å². The minimum absolute atomic E-state index is 0.0241. The monoisotopic (exact) mass is 515 g/mol. The van der Waals surface area contributed by atoms with Gasteiger partial charge in [0.25, 0.3) is 0 Å². The van der Waals surface area contributed by atoms with E-state index in [9.17, 15) is 19.5 Å².